The quantitative estimate of drug-likeness (QED) is 0.540. The van der Waals surface area contributed by atoms with Crippen LogP contribution in [0.1, 0.15) is 4.88 Å². The predicted octanol–water partition coefficient (Wildman–Crippen LogP) is 3.61. The molecule has 2 aromatic heterocycles. The van der Waals surface area contributed by atoms with Crippen LogP contribution >= 0.6 is 22.7 Å². The van der Waals surface area contributed by atoms with Crippen molar-refractivity contribution in [3.63, 3.8) is 0 Å². The van der Waals surface area contributed by atoms with Crippen molar-refractivity contribution >= 4 is 34.5 Å². The SMILES string of the molecule is C=C(C=O)c1cccs1.O=c1cc1-c1cccs1. The van der Waals surface area contributed by atoms with E-state index in [2.05, 4.69) is 6.58 Å². The molecule has 2 heterocycles. The van der Waals surface area contributed by atoms with E-state index >= 15 is 0 Å². The van der Waals surface area contributed by atoms with E-state index in [4.69, 9.17) is 0 Å². The molecule has 0 aliphatic rings. The second-order valence-corrected chi connectivity index (χ2v) is 5.42. The van der Waals surface area contributed by atoms with E-state index in [0.29, 0.717) is 5.57 Å². The van der Waals surface area contributed by atoms with Crippen molar-refractivity contribution in [2.24, 2.45) is 0 Å². The predicted molar refractivity (Wildman–Crippen MR) is 77.8 cm³/mol. The minimum Gasteiger partial charge on any atom is -0.298 e. The minimum absolute atomic E-state index is 0.192. The smallest absolute Gasteiger partial charge is 0.188 e. The van der Waals surface area contributed by atoms with Crippen LogP contribution in [0.15, 0.2) is 52.5 Å². The molecule has 0 fully saturated rings. The first-order chi connectivity index (χ1) is 8.72. The molecule has 0 unspecified atom stereocenters. The number of carbonyl (C=O) groups excluding carboxylic acids is 1. The van der Waals surface area contributed by atoms with E-state index in [1.165, 1.54) is 11.3 Å². The second kappa shape index (κ2) is 5.71. The molecular weight excluding hydrogens is 264 g/mol. The lowest BCUT2D eigenvalue weighted by molar-refractivity contribution is -0.103. The van der Waals surface area contributed by atoms with Gasteiger partial charge in [-0.15, -0.1) is 22.7 Å². The van der Waals surface area contributed by atoms with Crippen LogP contribution in [0.25, 0.3) is 16.0 Å². The standard InChI is InChI=1S/C7H4OS.C7H6OS/c8-6-4-5(6)7-2-1-3-9-7;1-6(5-8)7-3-2-4-9-7/h1-4H;2-5H,1H2. The summed E-state index contributed by atoms with van der Waals surface area (Å²) in [6.45, 7) is 3.56. The largest absolute Gasteiger partial charge is 0.298 e. The Morgan fingerprint density at radius 3 is 2.28 bits per heavy atom. The maximum absolute atomic E-state index is 10.5. The number of allylic oxidation sites excluding steroid dienone is 1. The Morgan fingerprint density at radius 2 is 1.83 bits per heavy atom. The van der Waals surface area contributed by atoms with Crippen LogP contribution in [0.5, 0.6) is 0 Å². The molecule has 3 aromatic rings. The molecule has 90 valence electrons. The highest BCUT2D eigenvalue weighted by Gasteiger charge is 2.10. The summed E-state index contributed by atoms with van der Waals surface area (Å²) >= 11 is 3.13. The van der Waals surface area contributed by atoms with Gasteiger partial charge in [0.2, 0.25) is 0 Å². The molecule has 0 spiro atoms. The molecule has 0 aliphatic carbocycles. The summed E-state index contributed by atoms with van der Waals surface area (Å²) < 4.78 is 0. The molecule has 4 heteroatoms. The van der Waals surface area contributed by atoms with Crippen molar-refractivity contribution in [2.75, 3.05) is 0 Å². The topological polar surface area (TPSA) is 34.1 Å². The average Bonchev–Trinajstić information content (AvgIpc) is 2.91. The van der Waals surface area contributed by atoms with E-state index < -0.39 is 0 Å². The third-order valence-electron chi connectivity index (χ3n) is 2.22. The second-order valence-electron chi connectivity index (χ2n) is 3.52. The summed E-state index contributed by atoms with van der Waals surface area (Å²) in [5, 5.41) is 3.89. The molecular formula is C14H10O2S2. The summed E-state index contributed by atoms with van der Waals surface area (Å²) in [4.78, 5) is 22.7. The van der Waals surface area contributed by atoms with Crippen LogP contribution in [0, 0.1) is 0 Å². The van der Waals surface area contributed by atoms with Crippen molar-refractivity contribution in [2.45, 2.75) is 0 Å². The van der Waals surface area contributed by atoms with Gasteiger partial charge in [-0.2, -0.15) is 0 Å². The lowest BCUT2D eigenvalue weighted by atomic mass is 10.3. The summed E-state index contributed by atoms with van der Waals surface area (Å²) in [6.07, 6.45) is 0.770. The van der Waals surface area contributed by atoms with Crippen LogP contribution in [0.4, 0.5) is 0 Å². The molecule has 0 saturated heterocycles. The number of thiophene rings is 2. The van der Waals surface area contributed by atoms with Gasteiger partial charge < -0.3 is 0 Å². The monoisotopic (exact) mass is 274 g/mol. The van der Waals surface area contributed by atoms with Gasteiger partial charge in [0.25, 0.3) is 0 Å². The van der Waals surface area contributed by atoms with Gasteiger partial charge in [-0.05, 0) is 29.0 Å². The molecule has 0 bridgehead atoms. The van der Waals surface area contributed by atoms with Gasteiger partial charge in [0.1, 0.15) is 0 Å². The van der Waals surface area contributed by atoms with Crippen molar-refractivity contribution in [1.82, 2.24) is 0 Å². The Labute approximate surface area is 113 Å². The van der Waals surface area contributed by atoms with Gasteiger partial charge in [-0.25, -0.2) is 0 Å². The van der Waals surface area contributed by atoms with Crippen LogP contribution in [-0.2, 0) is 4.79 Å². The molecule has 18 heavy (non-hydrogen) atoms. The zero-order chi connectivity index (χ0) is 13.0. The first-order valence-corrected chi connectivity index (χ1v) is 6.96. The van der Waals surface area contributed by atoms with Crippen LogP contribution in [0.3, 0.4) is 0 Å². The zero-order valence-electron chi connectivity index (χ0n) is 9.46. The highest BCUT2D eigenvalue weighted by molar-refractivity contribution is 7.13. The van der Waals surface area contributed by atoms with Crippen LogP contribution < -0.4 is 5.43 Å². The minimum atomic E-state index is 0.192. The summed E-state index contributed by atoms with van der Waals surface area (Å²) in [6, 6.07) is 9.34. The molecule has 0 amide bonds. The van der Waals surface area contributed by atoms with Gasteiger partial charge in [0.15, 0.2) is 11.7 Å². The molecule has 0 saturated carbocycles. The summed E-state index contributed by atoms with van der Waals surface area (Å²) in [5.74, 6) is 0. The molecule has 0 aliphatic heterocycles. The van der Waals surface area contributed by atoms with Gasteiger partial charge in [-0.3, -0.25) is 9.59 Å². The van der Waals surface area contributed by atoms with E-state index in [-0.39, 0.29) is 5.43 Å². The van der Waals surface area contributed by atoms with E-state index in [1.54, 1.807) is 17.4 Å². The summed E-state index contributed by atoms with van der Waals surface area (Å²) in [5.41, 5.74) is 1.65. The zero-order valence-corrected chi connectivity index (χ0v) is 11.1. The van der Waals surface area contributed by atoms with Gasteiger partial charge in [0, 0.05) is 20.9 Å². The fraction of sp³-hybridized carbons (Fsp3) is 0. The number of rotatable bonds is 3. The molecule has 2 nitrogen and oxygen atoms in total. The molecule has 1 aromatic carbocycles. The van der Waals surface area contributed by atoms with Crippen LogP contribution in [-0.4, -0.2) is 6.29 Å². The fourth-order valence-electron chi connectivity index (χ4n) is 1.24. The third kappa shape index (κ3) is 3.12. The summed E-state index contributed by atoms with van der Waals surface area (Å²) in [7, 11) is 0. The maximum Gasteiger partial charge on any atom is 0.188 e. The number of carbonyl (C=O) groups is 1. The van der Waals surface area contributed by atoms with E-state index in [0.717, 1.165) is 21.6 Å². The van der Waals surface area contributed by atoms with Crippen LogP contribution in [0.2, 0.25) is 0 Å². The number of hydrogen-bond donors (Lipinski definition) is 0. The lowest BCUT2D eigenvalue weighted by Crippen LogP contribution is -1.74. The van der Waals surface area contributed by atoms with Crippen molar-refractivity contribution in [1.29, 1.82) is 0 Å². The van der Waals surface area contributed by atoms with Gasteiger partial charge in [0.05, 0.1) is 0 Å². The van der Waals surface area contributed by atoms with E-state index in [1.807, 2.05) is 35.0 Å². The lowest BCUT2D eigenvalue weighted by Gasteiger charge is -1.85. The average molecular weight is 274 g/mol. The highest BCUT2D eigenvalue weighted by Crippen LogP contribution is 2.23. The van der Waals surface area contributed by atoms with Crippen molar-refractivity contribution in [3.8, 4) is 10.4 Å². The van der Waals surface area contributed by atoms with Crippen molar-refractivity contribution in [3.05, 3.63) is 62.8 Å². The van der Waals surface area contributed by atoms with Gasteiger partial charge >= 0.3 is 0 Å². The number of hydrogen-bond acceptors (Lipinski definition) is 4. The Kier molecular flexibility index (Phi) is 4.02. The molecule has 0 radical (unpaired) electrons. The molecule has 0 N–H and O–H groups in total. The fourth-order valence-corrected chi connectivity index (χ4v) is 2.65. The highest BCUT2D eigenvalue weighted by atomic mass is 32.1. The number of aldehydes is 1. The maximum atomic E-state index is 10.5. The molecule has 0 atom stereocenters. The Hall–Kier alpha value is -1.78. The van der Waals surface area contributed by atoms with Gasteiger partial charge in [-0.1, -0.05) is 18.7 Å². The first-order valence-electron chi connectivity index (χ1n) is 5.20. The Bertz CT molecular complexity index is 639. The normalized spacial score (nSPS) is 9.78. The third-order valence-corrected chi connectivity index (χ3v) is 4.07. The first kappa shape index (κ1) is 12.7. The van der Waals surface area contributed by atoms with E-state index in [9.17, 15) is 9.59 Å². The Morgan fingerprint density at radius 1 is 1.17 bits per heavy atom. The van der Waals surface area contributed by atoms with Crippen molar-refractivity contribution < 1.29 is 4.79 Å². The molecule has 3 rings (SSSR count). The Balaban J connectivity index is 0.000000134.